The van der Waals surface area contributed by atoms with Gasteiger partial charge in [-0.3, -0.25) is 14.5 Å². The zero-order valence-electron chi connectivity index (χ0n) is 13.6. The molecular weight excluding hydrogens is 370 g/mol. The molecule has 0 aliphatic carbocycles. The minimum absolute atomic E-state index is 0.217. The summed E-state index contributed by atoms with van der Waals surface area (Å²) in [5, 5.41) is 0. The van der Waals surface area contributed by atoms with Crippen molar-refractivity contribution in [3.63, 3.8) is 0 Å². The molecule has 124 valence electrons. The first-order chi connectivity index (χ1) is 11.5. The molecule has 0 bridgehead atoms. The van der Waals surface area contributed by atoms with Gasteiger partial charge < -0.3 is 4.74 Å². The fourth-order valence-corrected chi connectivity index (χ4v) is 3.07. The van der Waals surface area contributed by atoms with E-state index in [9.17, 15) is 9.59 Å². The first-order valence-electron chi connectivity index (χ1n) is 7.84. The summed E-state index contributed by atoms with van der Waals surface area (Å²) >= 11 is 3.53. The average Bonchev–Trinajstić information content (AvgIpc) is 2.81. The van der Waals surface area contributed by atoms with Crippen LogP contribution in [0.15, 0.2) is 40.9 Å². The number of benzene rings is 2. The van der Waals surface area contributed by atoms with E-state index >= 15 is 0 Å². The second-order valence-corrected chi connectivity index (χ2v) is 6.67. The normalized spacial score (nSPS) is 13.4. The lowest BCUT2D eigenvalue weighted by molar-refractivity contribution is 0.0647. The Morgan fingerprint density at radius 2 is 1.54 bits per heavy atom. The predicted molar refractivity (Wildman–Crippen MR) is 95.5 cm³/mol. The number of carbonyl (C=O) groups excluding carboxylic acids is 2. The number of aryl methyl sites for hydroxylation is 2. The molecule has 0 unspecified atom stereocenters. The van der Waals surface area contributed by atoms with Gasteiger partial charge in [-0.05, 0) is 55.7 Å². The number of ether oxygens (including phenoxy) is 1. The molecule has 0 radical (unpaired) electrons. The van der Waals surface area contributed by atoms with Gasteiger partial charge in [0.25, 0.3) is 11.8 Å². The Labute approximate surface area is 149 Å². The molecule has 0 saturated heterocycles. The molecule has 0 saturated carbocycles. The van der Waals surface area contributed by atoms with Crippen molar-refractivity contribution in [3.05, 3.63) is 63.1 Å². The van der Waals surface area contributed by atoms with Crippen LogP contribution in [0.3, 0.4) is 0 Å². The van der Waals surface area contributed by atoms with Crippen LogP contribution >= 0.6 is 15.9 Å². The highest BCUT2D eigenvalue weighted by molar-refractivity contribution is 9.10. The number of hydrogen-bond acceptors (Lipinski definition) is 3. The van der Waals surface area contributed by atoms with Gasteiger partial charge in [0, 0.05) is 11.0 Å². The summed E-state index contributed by atoms with van der Waals surface area (Å²) in [6.45, 7) is 4.85. The van der Waals surface area contributed by atoms with Crippen molar-refractivity contribution in [1.29, 1.82) is 0 Å². The van der Waals surface area contributed by atoms with E-state index < -0.39 is 0 Å². The molecule has 0 atom stereocenters. The Morgan fingerprint density at radius 1 is 1.00 bits per heavy atom. The van der Waals surface area contributed by atoms with Gasteiger partial charge in [-0.2, -0.15) is 0 Å². The molecule has 4 nitrogen and oxygen atoms in total. The lowest BCUT2D eigenvalue weighted by Crippen LogP contribution is -2.31. The molecule has 0 spiro atoms. The number of imide groups is 1. The Morgan fingerprint density at radius 3 is 2.08 bits per heavy atom. The number of halogens is 1. The van der Waals surface area contributed by atoms with E-state index in [2.05, 4.69) is 15.9 Å². The zero-order chi connectivity index (χ0) is 17.3. The van der Waals surface area contributed by atoms with Gasteiger partial charge in [0.05, 0.1) is 17.7 Å². The molecule has 0 aromatic heterocycles. The average molecular weight is 388 g/mol. The summed E-state index contributed by atoms with van der Waals surface area (Å²) < 4.78 is 6.84. The monoisotopic (exact) mass is 387 g/mol. The number of rotatable bonds is 5. The molecule has 5 heteroatoms. The number of carbonyl (C=O) groups is 2. The van der Waals surface area contributed by atoms with Gasteiger partial charge in [-0.25, -0.2) is 0 Å². The van der Waals surface area contributed by atoms with Crippen LogP contribution in [0, 0.1) is 13.8 Å². The van der Waals surface area contributed by atoms with Crippen LogP contribution in [-0.4, -0.2) is 29.9 Å². The number of fused-ring (bicyclic) bond motifs is 1. The molecule has 2 aromatic rings. The van der Waals surface area contributed by atoms with Crippen molar-refractivity contribution in [2.45, 2.75) is 20.3 Å². The van der Waals surface area contributed by atoms with Gasteiger partial charge >= 0.3 is 0 Å². The lowest BCUT2D eigenvalue weighted by Gasteiger charge is -2.14. The molecule has 2 amide bonds. The van der Waals surface area contributed by atoms with E-state index in [1.165, 1.54) is 4.90 Å². The Hall–Kier alpha value is -2.14. The first-order valence-corrected chi connectivity index (χ1v) is 8.63. The van der Waals surface area contributed by atoms with E-state index in [1.54, 1.807) is 24.3 Å². The van der Waals surface area contributed by atoms with Gasteiger partial charge in [0.1, 0.15) is 5.75 Å². The van der Waals surface area contributed by atoms with Crippen molar-refractivity contribution in [2.75, 3.05) is 13.2 Å². The number of nitrogens with zero attached hydrogens (tertiary/aromatic N) is 1. The summed E-state index contributed by atoms with van der Waals surface area (Å²) in [5.41, 5.74) is 3.21. The highest BCUT2D eigenvalue weighted by Crippen LogP contribution is 2.26. The molecule has 0 N–H and O–H groups in total. The van der Waals surface area contributed by atoms with Gasteiger partial charge in [-0.15, -0.1) is 0 Å². The lowest BCUT2D eigenvalue weighted by atomic mass is 10.1. The van der Waals surface area contributed by atoms with E-state index in [4.69, 9.17) is 4.74 Å². The third-order valence-corrected chi connectivity index (χ3v) is 5.33. The topological polar surface area (TPSA) is 46.6 Å². The van der Waals surface area contributed by atoms with Crippen LogP contribution in [0.25, 0.3) is 0 Å². The SMILES string of the molecule is Cc1cc(OCCCN2C(=O)c3ccccc3C2=O)cc(C)c1Br. The second-order valence-electron chi connectivity index (χ2n) is 5.88. The number of hydrogen-bond donors (Lipinski definition) is 0. The van der Waals surface area contributed by atoms with E-state index in [0.29, 0.717) is 30.7 Å². The predicted octanol–water partition coefficient (Wildman–Crippen LogP) is 4.13. The molecular formula is C19H18BrNO3. The molecule has 24 heavy (non-hydrogen) atoms. The summed E-state index contributed by atoms with van der Waals surface area (Å²) in [6.07, 6.45) is 0.597. The maximum atomic E-state index is 12.3. The fraction of sp³-hybridized carbons (Fsp3) is 0.263. The third kappa shape index (κ3) is 3.08. The molecule has 1 heterocycles. The van der Waals surface area contributed by atoms with E-state index in [-0.39, 0.29) is 11.8 Å². The smallest absolute Gasteiger partial charge is 0.261 e. The van der Waals surface area contributed by atoms with Crippen LogP contribution in [0.4, 0.5) is 0 Å². The van der Waals surface area contributed by atoms with Crippen molar-refractivity contribution in [3.8, 4) is 5.75 Å². The van der Waals surface area contributed by atoms with Gasteiger partial charge in [0.15, 0.2) is 0 Å². The zero-order valence-corrected chi connectivity index (χ0v) is 15.2. The van der Waals surface area contributed by atoms with E-state index in [0.717, 1.165) is 21.3 Å². The molecule has 2 aromatic carbocycles. The first kappa shape index (κ1) is 16.7. The van der Waals surface area contributed by atoms with Crippen molar-refractivity contribution >= 4 is 27.7 Å². The molecule has 1 aliphatic rings. The summed E-state index contributed by atoms with van der Waals surface area (Å²) in [5.74, 6) is 0.368. The summed E-state index contributed by atoms with van der Waals surface area (Å²) in [7, 11) is 0. The Kier molecular flexibility index (Phi) is 4.71. The molecule has 0 fully saturated rings. The standard InChI is InChI=1S/C19H18BrNO3/c1-12-10-14(11-13(2)17(12)20)24-9-5-8-21-18(22)15-6-3-4-7-16(15)19(21)23/h3-4,6-7,10-11H,5,8-9H2,1-2H3. The van der Waals surface area contributed by atoms with Gasteiger partial charge in [-0.1, -0.05) is 28.1 Å². The van der Waals surface area contributed by atoms with Crippen LogP contribution in [0.5, 0.6) is 5.75 Å². The third-order valence-electron chi connectivity index (χ3n) is 4.08. The maximum absolute atomic E-state index is 12.3. The van der Waals surface area contributed by atoms with Crippen LogP contribution in [0.1, 0.15) is 38.3 Å². The van der Waals surface area contributed by atoms with Crippen molar-refractivity contribution in [2.24, 2.45) is 0 Å². The van der Waals surface area contributed by atoms with Crippen molar-refractivity contribution < 1.29 is 14.3 Å². The minimum atomic E-state index is -0.217. The van der Waals surface area contributed by atoms with E-state index in [1.807, 2.05) is 26.0 Å². The maximum Gasteiger partial charge on any atom is 0.261 e. The largest absolute Gasteiger partial charge is 0.494 e. The minimum Gasteiger partial charge on any atom is -0.494 e. The highest BCUT2D eigenvalue weighted by atomic mass is 79.9. The Bertz CT molecular complexity index is 758. The van der Waals surface area contributed by atoms with Crippen molar-refractivity contribution in [1.82, 2.24) is 4.90 Å². The quantitative estimate of drug-likeness (QED) is 0.572. The summed E-state index contributed by atoms with van der Waals surface area (Å²) in [4.78, 5) is 25.8. The number of amides is 2. The summed E-state index contributed by atoms with van der Waals surface area (Å²) in [6, 6.07) is 10.9. The second kappa shape index (κ2) is 6.77. The molecule has 3 rings (SSSR count). The Balaban J connectivity index is 1.57. The van der Waals surface area contributed by atoms with Gasteiger partial charge in [0.2, 0.25) is 0 Å². The van der Waals surface area contributed by atoms with Crippen LogP contribution in [-0.2, 0) is 0 Å². The molecule has 1 aliphatic heterocycles. The van der Waals surface area contributed by atoms with Crippen LogP contribution < -0.4 is 4.74 Å². The highest BCUT2D eigenvalue weighted by Gasteiger charge is 2.34. The fourth-order valence-electron chi connectivity index (χ4n) is 2.84. The van der Waals surface area contributed by atoms with Crippen LogP contribution in [0.2, 0.25) is 0 Å².